The number of hydrogen-bond donors (Lipinski definition) is 0. The first-order valence-corrected chi connectivity index (χ1v) is 10.7. The van der Waals surface area contributed by atoms with Gasteiger partial charge in [-0.1, -0.05) is 46.3 Å². The standard InChI is InChI=1S/C21H17BrN2O3S/c1-14-12-18(25)13-15(2)20(14)23-21(16-6-4-3-5-7-16)24-28(26,27)19-10-8-17(22)9-11-19/h3-13H,1-2H3. The minimum atomic E-state index is -3.97. The Morgan fingerprint density at radius 3 is 2.04 bits per heavy atom. The molecule has 0 fully saturated rings. The summed E-state index contributed by atoms with van der Waals surface area (Å²) in [5.41, 5.74) is 2.42. The van der Waals surface area contributed by atoms with Crippen LogP contribution in [-0.4, -0.2) is 25.7 Å². The molecule has 0 amide bonds. The summed E-state index contributed by atoms with van der Waals surface area (Å²) in [7, 11) is -3.97. The van der Waals surface area contributed by atoms with Crippen LogP contribution in [-0.2, 0) is 14.8 Å². The van der Waals surface area contributed by atoms with Crippen LogP contribution in [0.1, 0.15) is 19.4 Å². The van der Waals surface area contributed by atoms with Gasteiger partial charge in [-0.3, -0.25) is 4.79 Å². The average molecular weight is 457 g/mol. The fourth-order valence-electron chi connectivity index (χ4n) is 2.70. The first kappa shape index (κ1) is 20.1. The van der Waals surface area contributed by atoms with Crippen LogP contribution in [0.4, 0.5) is 0 Å². The minimum Gasteiger partial charge on any atom is -0.290 e. The number of aliphatic imine (C=N–C) groups is 1. The van der Waals surface area contributed by atoms with E-state index in [2.05, 4.69) is 25.3 Å². The van der Waals surface area contributed by atoms with Crippen LogP contribution in [0.2, 0.25) is 0 Å². The lowest BCUT2D eigenvalue weighted by Crippen LogP contribution is -2.14. The summed E-state index contributed by atoms with van der Waals surface area (Å²) in [5, 5.41) is 0. The minimum absolute atomic E-state index is 0.0633. The summed E-state index contributed by atoms with van der Waals surface area (Å²) >= 11 is 3.29. The summed E-state index contributed by atoms with van der Waals surface area (Å²) in [6.07, 6.45) is 2.94. The SMILES string of the molecule is CC1=CC(=O)C=C(C)C1=NC(=NS(=O)(=O)c1ccc(Br)cc1)c1ccccc1. The number of allylic oxidation sites excluding steroid dienone is 4. The Kier molecular flexibility index (Phi) is 5.86. The Morgan fingerprint density at radius 1 is 0.893 bits per heavy atom. The lowest BCUT2D eigenvalue weighted by Gasteiger charge is -2.12. The molecule has 0 atom stereocenters. The summed E-state index contributed by atoms with van der Waals surface area (Å²) in [4.78, 5) is 16.3. The predicted octanol–water partition coefficient (Wildman–Crippen LogP) is 4.50. The summed E-state index contributed by atoms with van der Waals surface area (Å²) in [6.45, 7) is 3.53. The van der Waals surface area contributed by atoms with E-state index in [0.29, 0.717) is 22.4 Å². The van der Waals surface area contributed by atoms with Crippen LogP contribution in [0, 0.1) is 0 Å². The molecule has 3 rings (SSSR count). The van der Waals surface area contributed by atoms with E-state index in [9.17, 15) is 13.2 Å². The highest BCUT2D eigenvalue weighted by molar-refractivity contribution is 9.10. The maximum atomic E-state index is 12.8. The third kappa shape index (κ3) is 4.61. The molecule has 0 aliphatic heterocycles. The topological polar surface area (TPSA) is 75.9 Å². The molecule has 1 aliphatic carbocycles. The second-order valence-electron chi connectivity index (χ2n) is 6.23. The highest BCUT2D eigenvalue weighted by atomic mass is 79.9. The molecule has 142 valence electrons. The maximum absolute atomic E-state index is 12.8. The number of hydrogen-bond acceptors (Lipinski definition) is 3. The van der Waals surface area contributed by atoms with Gasteiger partial charge in [0.05, 0.1) is 10.6 Å². The zero-order valence-corrected chi connectivity index (χ0v) is 17.7. The molecule has 2 aromatic carbocycles. The number of amidine groups is 1. The van der Waals surface area contributed by atoms with Gasteiger partial charge in [0, 0.05) is 10.0 Å². The van der Waals surface area contributed by atoms with Gasteiger partial charge in [0.25, 0.3) is 10.0 Å². The second kappa shape index (κ2) is 8.16. The van der Waals surface area contributed by atoms with Crippen LogP contribution < -0.4 is 0 Å². The molecule has 7 heteroatoms. The molecule has 0 saturated heterocycles. The van der Waals surface area contributed by atoms with Gasteiger partial charge in [0.2, 0.25) is 0 Å². The van der Waals surface area contributed by atoms with Crippen molar-refractivity contribution in [3.05, 3.63) is 87.9 Å². The van der Waals surface area contributed by atoms with Crippen molar-refractivity contribution < 1.29 is 13.2 Å². The smallest absolute Gasteiger partial charge is 0.284 e. The van der Waals surface area contributed by atoms with E-state index in [1.807, 2.05) is 6.07 Å². The van der Waals surface area contributed by atoms with E-state index >= 15 is 0 Å². The van der Waals surface area contributed by atoms with Crippen molar-refractivity contribution in [2.75, 3.05) is 0 Å². The van der Waals surface area contributed by atoms with Gasteiger partial charge in [-0.2, -0.15) is 8.42 Å². The van der Waals surface area contributed by atoms with Gasteiger partial charge in [-0.15, -0.1) is 4.40 Å². The molecule has 0 spiro atoms. The molecular weight excluding hydrogens is 440 g/mol. The van der Waals surface area contributed by atoms with Gasteiger partial charge in [-0.05, 0) is 61.4 Å². The van der Waals surface area contributed by atoms with Crippen LogP contribution in [0.25, 0.3) is 0 Å². The molecule has 0 unspecified atom stereocenters. The molecular formula is C21H17BrN2O3S. The molecule has 0 saturated carbocycles. The Morgan fingerprint density at radius 2 is 1.46 bits per heavy atom. The fraction of sp³-hybridized carbons (Fsp3) is 0.0952. The molecule has 5 nitrogen and oxygen atoms in total. The molecule has 0 heterocycles. The number of nitrogens with zero attached hydrogens (tertiary/aromatic N) is 2. The van der Waals surface area contributed by atoms with E-state index < -0.39 is 10.0 Å². The van der Waals surface area contributed by atoms with Crippen molar-refractivity contribution in [1.82, 2.24) is 0 Å². The number of carbonyl (C=O) groups excluding carboxylic acids is 1. The zero-order valence-electron chi connectivity index (χ0n) is 15.3. The Balaban J connectivity index is 2.16. The van der Waals surface area contributed by atoms with Crippen LogP contribution in [0.5, 0.6) is 0 Å². The quantitative estimate of drug-likeness (QED) is 0.387. The Bertz CT molecular complexity index is 1120. The van der Waals surface area contributed by atoms with Crippen molar-refractivity contribution in [3.8, 4) is 0 Å². The fourth-order valence-corrected chi connectivity index (χ4v) is 3.92. The largest absolute Gasteiger partial charge is 0.290 e. The molecule has 0 bridgehead atoms. The van der Waals surface area contributed by atoms with Gasteiger partial charge >= 0.3 is 0 Å². The molecule has 0 aromatic heterocycles. The van der Waals surface area contributed by atoms with Crippen molar-refractivity contribution >= 4 is 43.3 Å². The number of sulfonamides is 1. The van der Waals surface area contributed by atoms with E-state index in [0.717, 1.165) is 4.47 Å². The van der Waals surface area contributed by atoms with E-state index in [-0.39, 0.29) is 16.5 Å². The van der Waals surface area contributed by atoms with Crippen molar-refractivity contribution in [3.63, 3.8) is 0 Å². The van der Waals surface area contributed by atoms with Gasteiger partial charge < -0.3 is 0 Å². The van der Waals surface area contributed by atoms with Gasteiger partial charge in [-0.25, -0.2) is 4.99 Å². The number of benzene rings is 2. The second-order valence-corrected chi connectivity index (χ2v) is 8.75. The molecule has 0 N–H and O–H groups in total. The maximum Gasteiger partial charge on any atom is 0.284 e. The Labute approximate surface area is 172 Å². The summed E-state index contributed by atoms with van der Waals surface area (Å²) < 4.78 is 30.4. The van der Waals surface area contributed by atoms with Crippen LogP contribution in [0.15, 0.2) is 96.7 Å². The van der Waals surface area contributed by atoms with Crippen LogP contribution >= 0.6 is 15.9 Å². The zero-order chi connectivity index (χ0) is 20.3. The van der Waals surface area contributed by atoms with Gasteiger partial charge in [0.1, 0.15) is 0 Å². The number of rotatable bonds is 3. The van der Waals surface area contributed by atoms with Crippen molar-refractivity contribution in [1.29, 1.82) is 0 Å². The highest BCUT2D eigenvalue weighted by Gasteiger charge is 2.18. The van der Waals surface area contributed by atoms with Crippen LogP contribution in [0.3, 0.4) is 0 Å². The predicted molar refractivity (Wildman–Crippen MR) is 114 cm³/mol. The normalized spacial score (nSPS) is 15.2. The molecule has 1 aliphatic rings. The molecule has 0 radical (unpaired) electrons. The lowest BCUT2D eigenvalue weighted by atomic mass is 9.97. The third-order valence-electron chi connectivity index (χ3n) is 4.03. The van der Waals surface area contributed by atoms with Gasteiger partial charge in [0.15, 0.2) is 11.6 Å². The third-order valence-corrected chi connectivity index (χ3v) is 5.84. The van der Waals surface area contributed by atoms with E-state index in [1.165, 1.54) is 24.3 Å². The van der Waals surface area contributed by atoms with E-state index in [4.69, 9.17) is 0 Å². The van der Waals surface area contributed by atoms with Crippen molar-refractivity contribution in [2.24, 2.45) is 9.39 Å². The monoisotopic (exact) mass is 456 g/mol. The van der Waals surface area contributed by atoms with Crippen molar-refractivity contribution in [2.45, 2.75) is 18.7 Å². The lowest BCUT2D eigenvalue weighted by molar-refractivity contribution is -0.110. The molecule has 28 heavy (non-hydrogen) atoms. The number of halogens is 1. The average Bonchev–Trinajstić information content (AvgIpc) is 2.64. The number of carbonyl (C=O) groups is 1. The first-order valence-electron chi connectivity index (χ1n) is 8.42. The summed E-state index contributed by atoms with van der Waals surface area (Å²) in [6, 6.07) is 15.1. The molecule has 2 aromatic rings. The summed E-state index contributed by atoms with van der Waals surface area (Å²) in [5.74, 6) is -0.0528. The first-order chi connectivity index (χ1) is 13.3. The van der Waals surface area contributed by atoms with E-state index in [1.54, 1.807) is 50.2 Å². The number of ketones is 1. The Hall–Kier alpha value is -2.64. The highest BCUT2D eigenvalue weighted by Crippen LogP contribution is 2.20.